The summed E-state index contributed by atoms with van der Waals surface area (Å²) in [7, 11) is -5.75. The quantitative estimate of drug-likeness (QED) is 0.0324. The summed E-state index contributed by atoms with van der Waals surface area (Å²) in [4.78, 5) is 17.8. The maximum absolute atomic E-state index is 13.7. The number of nitrogens with zero attached hydrogens (tertiary/aromatic N) is 16. The van der Waals surface area contributed by atoms with E-state index in [0.29, 0.717) is 94.9 Å². The van der Waals surface area contributed by atoms with Crippen molar-refractivity contribution in [2.45, 2.75) is 118 Å². The van der Waals surface area contributed by atoms with E-state index in [0.717, 1.165) is 104 Å². The maximum Gasteiger partial charge on any atom is 1.00 e. The van der Waals surface area contributed by atoms with Crippen LogP contribution in [0, 0.1) is 46.5 Å². The number of benzene rings is 4. The summed E-state index contributed by atoms with van der Waals surface area (Å²) in [6.07, 6.45) is 13.9. The van der Waals surface area contributed by atoms with E-state index in [-0.39, 0.29) is 75.0 Å². The fourth-order valence-electron chi connectivity index (χ4n) is 10.6. The molecule has 4 aliphatic rings. The number of halogens is 12. The topological polar surface area (TPSA) is 226 Å². The Morgan fingerprint density at radius 3 is 1.14 bits per heavy atom. The number of aromatic nitrogens is 16. The first-order chi connectivity index (χ1) is 49.0. The molecule has 4 aliphatic carbocycles. The van der Waals surface area contributed by atoms with Gasteiger partial charge in [-0.15, -0.1) is 55.4 Å². The van der Waals surface area contributed by atoms with E-state index in [4.69, 9.17) is 36.2 Å². The van der Waals surface area contributed by atoms with E-state index in [1.54, 1.807) is 43.2 Å². The molecule has 8 heterocycles. The molecule has 36 heteroatoms. The van der Waals surface area contributed by atoms with Gasteiger partial charge in [0.25, 0.3) is 0 Å². The zero-order chi connectivity index (χ0) is 73.3. The molecule has 1 atom stereocenters. The van der Waals surface area contributed by atoms with Crippen molar-refractivity contribution in [3.05, 3.63) is 149 Å². The molecule has 532 valence electrons. The van der Waals surface area contributed by atoms with Crippen LogP contribution >= 0.6 is 46.6 Å². The van der Waals surface area contributed by atoms with Gasteiger partial charge in [-0.2, -0.15) is 26.1 Å². The van der Waals surface area contributed by atoms with Crippen LogP contribution in [0.2, 0.25) is 5.15 Å². The minimum absolute atomic E-state index is 0. The van der Waals surface area contributed by atoms with E-state index in [2.05, 4.69) is 73.4 Å². The molecule has 0 radical (unpaired) electrons. The second-order valence-electron chi connectivity index (χ2n) is 22.6. The average molecular weight is 1560 g/mol. The monoisotopic (exact) mass is 1550 g/mol. The van der Waals surface area contributed by atoms with Crippen LogP contribution in [-0.2, 0) is 33.3 Å². The van der Waals surface area contributed by atoms with Crippen LogP contribution in [0.3, 0.4) is 0 Å². The van der Waals surface area contributed by atoms with Crippen molar-refractivity contribution >= 4 is 124 Å². The predicted molar refractivity (Wildman–Crippen MR) is 373 cm³/mol. The molecule has 4 aromatic carbocycles. The zero-order valence-electron chi connectivity index (χ0n) is 56.0. The second kappa shape index (κ2) is 35.3. The fraction of sp³-hybridized carbons (Fsp3) is 0.333. The van der Waals surface area contributed by atoms with Gasteiger partial charge in [0.15, 0.2) is 71.6 Å². The average Bonchev–Trinajstić information content (AvgIpc) is 1.62. The molecular weight excluding hydrogens is 1490 g/mol. The Kier molecular flexibility index (Phi) is 26.9. The summed E-state index contributed by atoms with van der Waals surface area (Å²) in [5.41, 5.74) is 6.44. The van der Waals surface area contributed by atoms with Gasteiger partial charge in [-0.3, -0.25) is 8.60 Å². The van der Waals surface area contributed by atoms with Crippen LogP contribution in [0.1, 0.15) is 105 Å². The van der Waals surface area contributed by atoms with Crippen molar-refractivity contribution < 1.29 is 83.1 Å². The van der Waals surface area contributed by atoms with Gasteiger partial charge in [-0.1, -0.05) is 39.3 Å². The molecule has 16 rings (SSSR count). The van der Waals surface area contributed by atoms with Crippen LogP contribution in [-0.4, -0.2) is 127 Å². The standard InChI is InChI=1S/C16H14F2N4O2S.C16H14F2N4OS.C16H14F2N4S.C14H9ClF2N4.C2H6S.CH2Cl2.CH3F.Na/c1-2-25(23,24)15-5-9(8-19-21-15)16-20-13-6-11(17)12(18)7-14(13)22(16)10-3-4-10;1-2-24(23)15-5-9(8-19-21-15)16-20-13-6-11(17)12(18)7-14(13)22(16)10-3-4-10;1-2-23-15-5-9(8-19-21-15)16-20-13-6-11(17)12(18)7-14(13)22(16)10-3-4-10;15-13-3-7(6-18-20-13)14-19-11-4-9(16)10(17)5-12(11)21(14)8-1-2-8;1-2-3;2-1-3;1-2;/h5-8,10H,2-4H2,1H3;5-8,10H,2-4H2,1H3;5-8,10H,2-4H2,1H3;3-6,8H,1-2H2;3H,2H2,1H3;1H2;1H3;/q;;;;;;;+1/p-1/i;;;;;;1D;. The van der Waals surface area contributed by atoms with E-state index in [9.17, 15) is 52.1 Å². The number of fused-ring (bicyclic) bond motifs is 4. The molecule has 0 amide bonds. The predicted octanol–water partition coefficient (Wildman–Crippen LogP) is 13.7. The molecule has 19 nitrogen and oxygen atoms in total. The molecule has 12 aromatic rings. The molecule has 1 unspecified atom stereocenters. The third kappa shape index (κ3) is 18.4. The molecule has 0 N–H and O–H groups in total. The summed E-state index contributed by atoms with van der Waals surface area (Å²) >= 11 is 21.4. The first-order valence-corrected chi connectivity index (χ1v) is 37.3. The van der Waals surface area contributed by atoms with Crippen LogP contribution < -0.4 is 29.6 Å². The molecule has 0 spiro atoms. The minimum Gasteiger partial charge on any atom is -0.793 e. The molecule has 102 heavy (non-hydrogen) atoms. The Morgan fingerprint density at radius 1 is 0.510 bits per heavy atom. The SMILES string of the molecule is CCS(=O)(=O)c1cc(-c2nc3cc(F)c(F)cc3n2C2CC2)cnn1.CCS(=O)c1cc(-c2nc3cc(F)c(F)cc3n2C2CC2)cnn1.CCSc1cc(-c2nc3cc(F)c(F)cc3n2C2CC2)cnn1.CC[S-].ClCCl.Fc1cc2nc(-c3cnnc(Cl)c3)n(C3CC3)c2cc1F.[2H]CF.[Na+]. The molecule has 0 saturated heterocycles. The third-order valence-corrected chi connectivity index (χ3v) is 19.4. The number of imidazole rings is 4. The fourth-order valence-corrected chi connectivity index (χ4v) is 12.9. The van der Waals surface area contributed by atoms with Crippen molar-refractivity contribution in [3.8, 4) is 45.6 Å². The number of thioether (sulfide) groups is 1. The van der Waals surface area contributed by atoms with Gasteiger partial charge in [-0.25, -0.2) is 63.5 Å². The molecule has 0 bridgehead atoms. The number of hydrogen-bond donors (Lipinski definition) is 0. The van der Waals surface area contributed by atoms with Gasteiger partial charge in [0.05, 0.1) is 99.3 Å². The number of alkyl halides is 3. The van der Waals surface area contributed by atoms with Crippen molar-refractivity contribution in [2.75, 3.05) is 35.5 Å². The Hall–Kier alpha value is -6.88. The van der Waals surface area contributed by atoms with Crippen LogP contribution in [0.4, 0.5) is 39.5 Å². The van der Waals surface area contributed by atoms with Crippen molar-refractivity contribution in [1.82, 2.24) is 79.0 Å². The minimum atomic E-state index is -3.52. The number of sulfone groups is 1. The Labute approximate surface area is 629 Å². The van der Waals surface area contributed by atoms with Crippen LogP contribution in [0.25, 0.3) is 89.7 Å². The normalized spacial score (nSPS) is 14.3. The van der Waals surface area contributed by atoms with Gasteiger partial charge < -0.3 is 30.9 Å². The van der Waals surface area contributed by atoms with Crippen LogP contribution in [0.15, 0.2) is 113 Å². The summed E-state index contributed by atoms with van der Waals surface area (Å²) in [6, 6.07) is 16.7. The van der Waals surface area contributed by atoms with Gasteiger partial charge in [0.1, 0.15) is 28.3 Å². The van der Waals surface area contributed by atoms with Crippen molar-refractivity contribution in [3.63, 3.8) is 0 Å². The number of rotatable bonds is 14. The van der Waals surface area contributed by atoms with E-state index in [1.165, 1.54) is 43.6 Å². The van der Waals surface area contributed by atoms with Gasteiger partial charge in [0, 0.05) is 101 Å². The Morgan fingerprint density at radius 2 is 0.814 bits per heavy atom. The second-order valence-corrected chi connectivity index (χ2v) is 29.6. The van der Waals surface area contributed by atoms with Gasteiger partial charge in [-0.05, 0) is 81.4 Å². The smallest absolute Gasteiger partial charge is 0.793 e. The Balaban J connectivity index is 0.000000153. The molecule has 8 aromatic heterocycles. The van der Waals surface area contributed by atoms with E-state index >= 15 is 0 Å². The molecule has 4 saturated carbocycles. The molecule has 0 aliphatic heterocycles. The first-order valence-electron chi connectivity index (χ1n) is 32.0. The number of hydrogen-bond acceptors (Lipinski definition) is 17. The summed E-state index contributed by atoms with van der Waals surface area (Å²) in [6.45, 7) is 7.31. The largest absolute Gasteiger partial charge is 1.00 e. The summed E-state index contributed by atoms with van der Waals surface area (Å²) in [5.74, 6) is -2.85. The molecular formula is C66H61Cl3F9N16NaO3S4. The third-order valence-electron chi connectivity index (χ3n) is 15.6. The van der Waals surface area contributed by atoms with Crippen molar-refractivity contribution in [1.29, 1.82) is 0 Å². The Bertz CT molecular complexity index is 5150. The summed E-state index contributed by atoms with van der Waals surface area (Å²) < 4.78 is 168. The van der Waals surface area contributed by atoms with E-state index in [1.807, 2.05) is 38.2 Å². The van der Waals surface area contributed by atoms with Crippen molar-refractivity contribution in [2.24, 2.45) is 0 Å². The molecule has 4 fully saturated rings. The van der Waals surface area contributed by atoms with Gasteiger partial charge >= 0.3 is 29.6 Å². The van der Waals surface area contributed by atoms with E-state index < -0.39 is 74.3 Å². The van der Waals surface area contributed by atoms with Crippen LogP contribution in [0.5, 0.6) is 0 Å². The maximum atomic E-state index is 13.7. The zero-order valence-corrected chi connectivity index (χ0v) is 62.5. The summed E-state index contributed by atoms with van der Waals surface area (Å²) in [5, 5.41) is 32.4. The van der Waals surface area contributed by atoms with Gasteiger partial charge in [0.2, 0.25) is 0 Å². The first kappa shape index (κ1) is 77.7.